The van der Waals surface area contributed by atoms with Crippen LogP contribution < -0.4 is 16.0 Å². The summed E-state index contributed by atoms with van der Waals surface area (Å²) in [5.41, 5.74) is 7.43. The second kappa shape index (κ2) is 5.53. The number of carbonyl (C=O) groups is 1. The molecule has 1 aliphatic heterocycles. The summed E-state index contributed by atoms with van der Waals surface area (Å²) in [6, 6.07) is 5.20. The largest absolute Gasteiger partial charge is 0.366 e. The van der Waals surface area contributed by atoms with Crippen LogP contribution in [0.4, 0.5) is 5.95 Å². The Balaban J connectivity index is 1.92. The first-order valence-corrected chi connectivity index (χ1v) is 6.85. The third-order valence-electron chi connectivity index (χ3n) is 3.57. The summed E-state index contributed by atoms with van der Waals surface area (Å²) in [5, 5.41) is 7.30. The van der Waals surface area contributed by atoms with E-state index in [1.807, 2.05) is 13.0 Å². The Hall–Kier alpha value is -2.41. The van der Waals surface area contributed by atoms with Crippen molar-refractivity contribution < 1.29 is 9.32 Å². The Labute approximate surface area is 122 Å². The smallest absolute Gasteiger partial charge is 0.266 e. The number of hydrogen-bond donors (Lipinski definition) is 2. The molecule has 0 radical (unpaired) electrons. The van der Waals surface area contributed by atoms with Crippen LogP contribution in [-0.4, -0.2) is 42.2 Å². The monoisotopic (exact) mass is 287 g/mol. The molecular formula is C14H17N5O2. The molecule has 3 N–H and O–H groups in total. The molecule has 3 rings (SSSR count). The van der Waals surface area contributed by atoms with Crippen molar-refractivity contribution in [1.82, 2.24) is 15.5 Å². The van der Waals surface area contributed by atoms with Gasteiger partial charge in [0.1, 0.15) is 0 Å². The molecule has 1 saturated heterocycles. The highest BCUT2D eigenvalue weighted by molar-refractivity contribution is 5.94. The van der Waals surface area contributed by atoms with E-state index >= 15 is 0 Å². The SMILES string of the molecule is Cc1ccc(C(N)=O)cc1-c1nc(N2CCNCC2)no1. The maximum atomic E-state index is 11.3. The van der Waals surface area contributed by atoms with E-state index in [4.69, 9.17) is 10.3 Å². The van der Waals surface area contributed by atoms with Crippen molar-refractivity contribution in [2.75, 3.05) is 31.1 Å². The molecule has 0 unspecified atom stereocenters. The van der Waals surface area contributed by atoms with Crippen LogP contribution in [0.5, 0.6) is 0 Å². The van der Waals surface area contributed by atoms with Crippen LogP contribution >= 0.6 is 0 Å². The first-order valence-electron chi connectivity index (χ1n) is 6.85. The molecule has 0 aliphatic carbocycles. The van der Waals surface area contributed by atoms with E-state index in [0.717, 1.165) is 37.3 Å². The molecule has 0 bridgehead atoms. The summed E-state index contributed by atoms with van der Waals surface area (Å²) < 4.78 is 5.34. The van der Waals surface area contributed by atoms with Crippen LogP contribution in [0.3, 0.4) is 0 Å². The van der Waals surface area contributed by atoms with Crippen molar-refractivity contribution in [2.24, 2.45) is 5.73 Å². The first kappa shape index (κ1) is 13.6. The zero-order valence-corrected chi connectivity index (χ0v) is 11.8. The molecule has 110 valence electrons. The fourth-order valence-electron chi connectivity index (χ4n) is 2.32. The van der Waals surface area contributed by atoms with E-state index in [1.54, 1.807) is 12.1 Å². The molecule has 1 aromatic carbocycles. The highest BCUT2D eigenvalue weighted by Crippen LogP contribution is 2.25. The molecule has 7 nitrogen and oxygen atoms in total. The lowest BCUT2D eigenvalue weighted by molar-refractivity contribution is 0.100. The highest BCUT2D eigenvalue weighted by atomic mass is 16.5. The number of rotatable bonds is 3. The fourth-order valence-corrected chi connectivity index (χ4v) is 2.32. The third kappa shape index (κ3) is 2.73. The Morgan fingerprint density at radius 1 is 1.38 bits per heavy atom. The van der Waals surface area contributed by atoms with Gasteiger partial charge >= 0.3 is 0 Å². The van der Waals surface area contributed by atoms with E-state index in [9.17, 15) is 4.79 Å². The van der Waals surface area contributed by atoms with Crippen molar-refractivity contribution in [1.29, 1.82) is 0 Å². The Morgan fingerprint density at radius 2 is 2.14 bits per heavy atom. The number of piperazine rings is 1. The molecule has 1 fully saturated rings. The third-order valence-corrected chi connectivity index (χ3v) is 3.57. The van der Waals surface area contributed by atoms with Crippen LogP contribution in [0, 0.1) is 6.92 Å². The summed E-state index contributed by atoms with van der Waals surface area (Å²) in [7, 11) is 0. The number of nitrogens with one attached hydrogen (secondary N) is 1. The van der Waals surface area contributed by atoms with E-state index in [0.29, 0.717) is 17.4 Å². The van der Waals surface area contributed by atoms with Crippen molar-refractivity contribution in [3.05, 3.63) is 29.3 Å². The molecular weight excluding hydrogens is 270 g/mol. The van der Waals surface area contributed by atoms with Gasteiger partial charge in [-0.05, 0) is 29.8 Å². The molecule has 21 heavy (non-hydrogen) atoms. The van der Waals surface area contributed by atoms with Gasteiger partial charge in [-0.2, -0.15) is 4.98 Å². The molecule has 0 saturated carbocycles. The zero-order valence-electron chi connectivity index (χ0n) is 11.8. The number of hydrogen-bond acceptors (Lipinski definition) is 6. The fraction of sp³-hybridized carbons (Fsp3) is 0.357. The highest BCUT2D eigenvalue weighted by Gasteiger charge is 2.18. The number of amides is 1. The number of nitrogens with zero attached hydrogens (tertiary/aromatic N) is 3. The van der Waals surface area contributed by atoms with Gasteiger partial charge in [-0.25, -0.2) is 0 Å². The lowest BCUT2D eigenvalue weighted by Crippen LogP contribution is -2.44. The number of carbonyl (C=O) groups excluding carboxylic acids is 1. The Kier molecular flexibility index (Phi) is 3.57. The minimum atomic E-state index is -0.474. The predicted octanol–water partition coefficient (Wildman–Crippen LogP) is 0.554. The molecule has 1 amide bonds. The number of nitrogens with two attached hydrogens (primary N) is 1. The molecule has 1 aromatic heterocycles. The summed E-state index contributed by atoms with van der Waals surface area (Å²) >= 11 is 0. The molecule has 2 heterocycles. The average Bonchev–Trinajstić information content (AvgIpc) is 2.98. The normalized spacial score (nSPS) is 15.2. The van der Waals surface area contributed by atoms with Gasteiger partial charge in [0.2, 0.25) is 5.91 Å². The van der Waals surface area contributed by atoms with Gasteiger partial charge in [-0.1, -0.05) is 6.07 Å². The van der Waals surface area contributed by atoms with Crippen LogP contribution in [0.1, 0.15) is 15.9 Å². The Morgan fingerprint density at radius 3 is 2.86 bits per heavy atom. The van der Waals surface area contributed by atoms with Crippen LogP contribution in [0.15, 0.2) is 22.7 Å². The molecule has 2 aromatic rings. The molecule has 0 spiro atoms. The van der Waals surface area contributed by atoms with Gasteiger partial charge in [-0.3, -0.25) is 4.79 Å². The average molecular weight is 287 g/mol. The minimum Gasteiger partial charge on any atom is -0.366 e. The van der Waals surface area contributed by atoms with E-state index < -0.39 is 5.91 Å². The lowest BCUT2D eigenvalue weighted by Gasteiger charge is -2.25. The Bertz CT molecular complexity index is 661. The van der Waals surface area contributed by atoms with Crippen LogP contribution in [0.2, 0.25) is 0 Å². The van der Waals surface area contributed by atoms with Gasteiger partial charge in [0, 0.05) is 37.3 Å². The summed E-state index contributed by atoms with van der Waals surface area (Å²) in [6.45, 7) is 5.42. The summed E-state index contributed by atoms with van der Waals surface area (Å²) in [5.74, 6) is 0.512. The maximum absolute atomic E-state index is 11.3. The van der Waals surface area contributed by atoms with Crippen LogP contribution in [-0.2, 0) is 0 Å². The first-order chi connectivity index (χ1) is 10.1. The summed E-state index contributed by atoms with van der Waals surface area (Å²) in [4.78, 5) is 17.8. The number of aromatic nitrogens is 2. The van der Waals surface area contributed by atoms with E-state index in [1.165, 1.54) is 0 Å². The second-order valence-electron chi connectivity index (χ2n) is 5.03. The number of benzene rings is 1. The van der Waals surface area contributed by atoms with E-state index in [-0.39, 0.29) is 0 Å². The molecule has 1 aliphatic rings. The standard InChI is InChI=1S/C14H17N5O2/c1-9-2-3-10(12(15)20)8-11(9)13-17-14(18-21-13)19-6-4-16-5-7-19/h2-3,8,16H,4-7H2,1H3,(H2,15,20). The van der Waals surface area contributed by atoms with Crippen molar-refractivity contribution in [3.63, 3.8) is 0 Å². The zero-order chi connectivity index (χ0) is 14.8. The van der Waals surface area contributed by atoms with Crippen molar-refractivity contribution in [3.8, 4) is 11.5 Å². The van der Waals surface area contributed by atoms with Gasteiger partial charge in [0.25, 0.3) is 11.8 Å². The topological polar surface area (TPSA) is 97.3 Å². The van der Waals surface area contributed by atoms with Crippen molar-refractivity contribution in [2.45, 2.75) is 6.92 Å². The number of aryl methyl sites for hydroxylation is 1. The lowest BCUT2D eigenvalue weighted by atomic mass is 10.0. The minimum absolute atomic E-state index is 0.407. The van der Waals surface area contributed by atoms with Gasteiger partial charge in [0.15, 0.2) is 0 Å². The second-order valence-corrected chi connectivity index (χ2v) is 5.03. The quantitative estimate of drug-likeness (QED) is 0.855. The molecule has 0 atom stereocenters. The van der Waals surface area contributed by atoms with Gasteiger partial charge in [-0.15, -0.1) is 0 Å². The number of primary amides is 1. The van der Waals surface area contributed by atoms with E-state index in [2.05, 4.69) is 20.4 Å². The maximum Gasteiger partial charge on any atom is 0.266 e. The summed E-state index contributed by atoms with van der Waals surface area (Å²) in [6.07, 6.45) is 0. The predicted molar refractivity (Wildman–Crippen MR) is 78.1 cm³/mol. The van der Waals surface area contributed by atoms with Gasteiger partial charge in [0.05, 0.1) is 0 Å². The number of anilines is 1. The van der Waals surface area contributed by atoms with Gasteiger partial charge < -0.3 is 20.5 Å². The van der Waals surface area contributed by atoms with Crippen LogP contribution in [0.25, 0.3) is 11.5 Å². The van der Waals surface area contributed by atoms with Crippen molar-refractivity contribution >= 4 is 11.9 Å². The molecule has 7 heteroatoms.